The van der Waals surface area contributed by atoms with Crippen LogP contribution in [0.4, 0.5) is 0 Å². The molecule has 2 aromatic carbocycles. The molecule has 0 unspecified atom stereocenters. The van der Waals surface area contributed by atoms with E-state index in [0.29, 0.717) is 30.4 Å². The van der Waals surface area contributed by atoms with Crippen molar-refractivity contribution >= 4 is 5.91 Å². The molecule has 116 valence electrons. The average Bonchev–Trinajstić information content (AvgIpc) is 2.54. The number of carbonyl (C=O) groups is 1. The highest BCUT2D eigenvalue weighted by Gasteiger charge is 2.11. The predicted molar refractivity (Wildman–Crippen MR) is 89.0 cm³/mol. The fourth-order valence-corrected chi connectivity index (χ4v) is 2.09. The van der Waals surface area contributed by atoms with Gasteiger partial charge < -0.3 is 10.1 Å². The molecule has 22 heavy (non-hydrogen) atoms. The van der Waals surface area contributed by atoms with E-state index in [4.69, 9.17) is 4.74 Å². The first-order valence-corrected chi connectivity index (χ1v) is 7.71. The van der Waals surface area contributed by atoms with Gasteiger partial charge in [-0.3, -0.25) is 4.79 Å². The highest BCUT2D eigenvalue weighted by Crippen LogP contribution is 2.19. The zero-order chi connectivity index (χ0) is 15.8. The van der Waals surface area contributed by atoms with Crippen molar-refractivity contribution in [3.8, 4) is 5.75 Å². The molecule has 0 atom stereocenters. The Morgan fingerprint density at radius 3 is 2.45 bits per heavy atom. The lowest BCUT2D eigenvalue weighted by atomic mass is 10.1. The maximum Gasteiger partial charge on any atom is 0.255 e. The van der Waals surface area contributed by atoms with Gasteiger partial charge in [0, 0.05) is 6.54 Å². The smallest absolute Gasteiger partial charge is 0.255 e. The summed E-state index contributed by atoms with van der Waals surface area (Å²) in [5.41, 5.74) is 1.67. The second-order valence-corrected chi connectivity index (χ2v) is 5.71. The SMILES string of the molecule is CC(C)CCNC(=O)c1ccccc1OCc1ccccc1. The van der Waals surface area contributed by atoms with Crippen molar-refractivity contribution in [3.63, 3.8) is 0 Å². The van der Waals surface area contributed by atoms with Crippen molar-refractivity contribution in [3.05, 3.63) is 65.7 Å². The van der Waals surface area contributed by atoms with Crippen LogP contribution in [0.2, 0.25) is 0 Å². The number of nitrogens with one attached hydrogen (secondary N) is 1. The number of hydrogen-bond acceptors (Lipinski definition) is 2. The van der Waals surface area contributed by atoms with Crippen LogP contribution in [0, 0.1) is 5.92 Å². The molecule has 0 aliphatic rings. The molecule has 2 rings (SSSR count). The maximum atomic E-state index is 12.3. The van der Waals surface area contributed by atoms with E-state index >= 15 is 0 Å². The maximum absolute atomic E-state index is 12.3. The van der Waals surface area contributed by atoms with E-state index in [1.807, 2.05) is 48.5 Å². The van der Waals surface area contributed by atoms with Crippen molar-refractivity contribution < 1.29 is 9.53 Å². The van der Waals surface area contributed by atoms with E-state index in [2.05, 4.69) is 19.2 Å². The van der Waals surface area contributed by atoms with E-state index in [1.54, 1.807) is 6.07 Å². The van der Waals surface area contributed by atoms with Crippen molar-refractivity contribution in [2.24, 2.45) is 5.92 Å². The van der Waals surface area contributed by atoms with Gasteiger partial charge in [0.15, 0.2) is 0 Å². The molecule has 0 saturated carbocycles. The number of benzene rings is 2. The largest absolute Gasteiger partial charge is 0.488 e. The minimum Gasteiger partial charge on any atom is -0.488 e. The Hall–Kier alpha value is -2.29. The van der Waals surface area contributed by atoms with E-state index in [9.17, 15) is 4.79 Å². The lowest BCUT2D eigenvalue weighted by molar-refractivity contribution is 0.0947. The summed E-state index contributed by atoms with van der Waals surface area (Å²) in [5, 5.41) is 2.95. The van der Waals surface area contributed by atoms with Gasteiger partial charge >= 0.3 is 0 Å². The first kappa shape index (κ1) is 16.1. The average molecular weight is 297 g/mol. The second kappa shape index (κ2) is 8.23. The van der Waals surface area contributed by atoms with Crippen molar-refractivity contribution in [2.45, 2.75) is 26.9 Å². The molecule has 0 aromatic heterocycles. The Bertz CT molecular complexity index is 593. The lowest BCUT2D eigenvalue weighted by Crippen LogP contribution is -2.25. The van der Waals surface area contributed by atoms with Gasteiger partial charge in [-0.05, 0) is 30.0 Å². The van der Waals surface area contributed by atoms with Crippen LogP contribution in [0.25, 0.3) is 0 Å². The van der Waals surface area contributed by atoms with Gasteiger partial charge in [-0.1, -0.05) is 56.3 Å². The molecule has 1 N–H and O–H groups in total. The fraction of sp³-hybridized carbons (Fsp3) is 0.316. The fourth-order valence-electron chi connectivity index (χ4n) is 2.09. The zero-order valence-electron chi connectivity index (χ0n) is 13.2. The Balaban J connectivity index is 1.98. The first-order chi connectivity index (χ1) is 10.7. The summed E-state index contributed by atoms with van der Waals surface area (Å²) in [4.78, 5) is 12.3. The van der Waals surface area contributed by atoms with E-state index in [0.717, 1.165) is 12.0 Å². The van der Waals surface area contributed by atoms with E-state index in [-0.39, 0.29) is 5.91 Å². The van der Waals surface area contributed by atoms with Crippen LogP contribution in [0.15, 0.2) is 54.6 Å². The van der Waals surface area contributed by atoms with Gasteiger partial charge in [0.05, 0.1) is 5.56 Å². The molecule has 0 heterocycles. The first-order valence-electron chi connectivity index (χ1n) is 7.71. The number of hydrogen-bond donors (Lipinski definition) is 1. The van der Waals surface area contributed by atoms with Crippen LogP contribution < -0.4 is 10.1 Å². The summed E-state index contributed by atoms with van der Waals surface area (Å²) in [6, 6.07) is 17.3. The number of ether oxygens (including phenoxy) is 1. The Morgan fingerprint density at radius 1 is 1.05 bits per heavy atom. The van der Waals surface area contributed by atoms with Crippen LogP contribution in [0.5, 0.6) is 5.75 Å². The summed E-state index contributed by atoms with van der Waals surface area (Å²) in [7, 11) is 0. The van der Waals surface area contributed by atoms with Gasteiger partial charge in [0.25, 0.3) is 5.91 Å². The topological polar surface area (TPSA) is 38.3 Å². The number of carbonyl (C=O) groups excluding carboxylic acids is 1. The summed E-state index contributed by atoms with van der Waals surface area (Å²) in [6.45, 7) is 5.42. The molecule has 3 nitrogen and oxygen atoms in total. The van der Waals surface area contributed by atoms with Gasteiger partial charge in [0.2, 0.25) is 0 Å². The molecular weight excluding hydrogens is 274 g/mol. The summed E-state index contributed by atoms with van der Waals surface area (Å²) in [5.74, 6) is 1.11. The van der Waals surface area contributed by atoms with Crippen LogP contribution in [0.3, 0.4) is 0 Å². The quantitative estimate of drug-likeness (QED) is 0.837. The van der Waals surface area contributed by atoms with Crippen molar-refractivity contribution in [1.29, 1.82) is 0 Å². The number of para-hydroxylation sites is 1. The standard InChI is InChI=1S/C19H23NO2/c1-15(2)12-13-20-19(21)17-10-6-7-11-18(17)22-14-16-8-4-3-5-9-16/h3-11,15H,12-14H2,1-2H3,(H,20,21). The van der Waals surface area contributed by atoms with Crippen LogP contribution in [-0.2, 0) is 6.61 Å². The molecule has 1 amide bonds. The van der Waals surface area contributed by atoms with E-state index in [1.165, 1.54) is 0 Å². The molecule has 0 spiro atoms. The molecule has 0 aliphatic heterocycles. The third kappa shape index (κ3) is 4.92. The zero-order valence-corrected chi connectivity index (χ0v) is 13.2. The van der Waals surface area contributed by atoms with Crippen LogP contribution in [0.1, 0.15) is 36.2 Å². The third-order valence-electron chi connectivity index (χ3n) is 3.38. The Morgan fingerprint density at radius 2 is 1.73 bits per heavy atom. The monoisotopic (exact) mass is 297 g/mol. The minimum atomic E-state index is -0.0793. The number of amides is 1. The van der Waals surface area contributed by atoms with Gasteiger partial charge in [-0.15, -0.1) is 0 Å². The predicted octanol–water partition coefficient (Wildman–Crippen LogP) is 4.04. The molecular formula is C19H23NO2. The molecule has 0 bridgehead atoms. The summed E-state index contributed by atoms with van der Waals surface area (Å²) >= 11 is 0. The highest BCUT2D eigenvalue weighted by molar-refractivity contribution is 5.96. The van der Waals surface area contributed by atoms with Crippen LogP contribution >= 0.6 is 0 Å². The van der Waals surface area contributed by atoms with Crippen molar-refractivity contribution in [1.82, 2.24) is 5.32 Å². The Kier molecular flexibility index (Phi) is 6.01. The van der Waals surface area contributed by atoms with Crippen LogP contribution in [-0.4, -0.2) is 12.5 Å². The number of rotatable bonds is 7. The van der Waals surface area contributed by atoms with Gasteiger partial charge in [0.1, 0.15) is 12.4 Å². The normalized spacial score (nSPS) is 10.5. The second-order valence-electron chi connectivity index (χ2n) is 5.71. The molecule has 3 heteroatoms. The molecule has 0 aliphatic carbocycles. The lowest BCUT2D eigenvalue weighted by Gasteiger charge is -2.12. The highest BCUT2D eigenvalue weighted by atomic mass is 16.5. The molecule has 2 aromatic rings. The van der Waals surface area contributed by atoms with Gasteiger partial charge in [-0.2, -0.15) is 0 Å². The van der Waals surface area contributed by atoms with Gasteiger partial charge in [-0.25, -0.2) is 0 Å². The summed E-state index contributed by atoms with van der Waals surface area (Å²) in [6.07, 6.45) is 0.971. The molecule has 0 fully saturated rings. The Labute approximate surface area is 132 Å². The molecule has 0 radical (unpaired) electrons. The third-order valence-corrected chi connectivity index (χ3v) is 3.38. The minimum absolute atomic E-state index is 0.0793. The van der Waals surface area contributed by atoms with E-state index < -0.39 is 0 Å². The van der Waals surface area contributed by atoms with Crippen molar-refractivity contribution in [2.75, 3.05) is 6.54 Å². The summed E-state index contributed by atoms with van der Waals surface area (Å²) < 4.78 is 5.81. The molecule has 0 saturated heterocycles.